The average molecular weight is 516 g/mol. The zero-order valence-corrected chi connectivity index (χ0v) is 17.8. The number of hydrogen-bond acceptors (Lipinski definition) is 5. The number of aryl methyl sites for hydroxylation is 2. The van der Waals surface area contributed by atoms with Gasteiger partial charge in [0.15, 0.2) is 0 Å². The zero-order chi connectivity index (χ0) is 21.0. The highest BCUT2D eigenvalue weighted by atomic mass is 79.9. The number of imidazole rings is 1. The summed E-state index contributed by atoms with van der Waals surface area (Å²) in [5, 5.41) is 21.2. The van der Waals surface area contributed by atoms with Gasteiger partial charge in [-0.25, -0.2) is 4.98 Å². The van der Waals surface area contributed by atoms with Crippen LogP contribution in [0.4, 0.5) is 15.8 Å². The highest BCUT2D eigenvalue weighted by molar-refractivity contribution is 9.10. The largest absolute Gasteiger partial charge is 0.305 e. The van der Waals surface area contributed by atoms with Crippen molar-refractivity contribution in [3.8, 4) is 5.69 Å². The van der Waals surface area contributed by atoms with Gasteiger partial charge in [-0.1, -0.05) is 31.9 Å². The van der Waals surface area contributed by atoms with Crippen LogP contribution in [-0.4, -0.2) is 19.4 Å². The number of nitrogens with zero attached hydrogens (tertiary/aromatic N) is 4. The highest BCUT2D eigenvalue weighted by Crippen LogP contribution is 2.29. The molecule has 0 aliphatic heterocycles. The maximum absolute atomic E-state index is 12.8. The molecule has 11 heteroatoms. The lowest BCUT2D eigenvalue weighted by atomic mass is 10.2. The smallest absolute Gasteiger partial charge is 0.300 e. The third-order valence-electron chi connectivity index (χ3n) is 3.66. The number of hydrogen-bond donors (Lipinski definition) is 0. The number of halogens is 3. The first kappa shape index (κ1) is 21.6. The SMILES string of the molecule is Cc1cc([N+](=O)[O-])c(-n2ccnc2)cc1Br.Cc1cc([N+](=O)[O-])c(F)cc1Br. The molecule has 0 bridgehead atoms. The second-order valence-corrected chi connectivity index (χ2v) is 7.34. The van der Waals surface area contributed by atoms with E-state index >= 15 is 0 Å². The van der Waals surface area contributed by atoms with Crippen molar-refractivity contribution in [1.29, 1.82) is 0 Å². The normalized spacial score (nSPS) is 10.2. The number of nitro groups is 2. The van der Waals surface area contributed by atoms with Crippen molar-refractivity contribution in [2.45, 2.75) is 13.8 Å². The maximum Gasteiger partial charge on any atom is 0.305 e. The van der Waals surface area contributed by atoms with Crippen LogP contribution in [0.5, 0.6) is 0 Å². The van der Waals surface area contributed by atoms with Gasteiger partial charge in [-0.15, -0.1) is 0 Å². The standard InChI is InChI=1S/C10H8BrN3O2.C7H5BrFNO2/c1-7-4-10(14(15)16)9(5-8(7)11)13-3-2-12-6-13;1-4-2-7(10(11)12)6(9)3-5(4)8/h2-6H,1H3;2-3H,1H3. The van der Waals surface area contributed by atoms with Crippen molar-refractivity contribution in [3.05, 3.63) is 89.1 Å². The van der Waals surface area contributed by atoms with Gasteiger partial charge in [0.2, 0.25) is 5.82 Å². The lowest BCUT2D eigenvalue weighted by Gasteiger charge is -2.06. The second-order valence-electron chi connectivity index (χ2n) is 5.63. The van der Waals surface area contributed by atoms with Crippen LogP contribution in [0.3, 0.4) is 0 Å². The summed E-state index contributed by atoms with van der Waals surface area (Å²) in [7, 11) is 0. The Labute approximate surface area is 175 Å². The predicted molar refractivity (Wildman–Crippen MR) is 108 cm³/mol. The van der Waals surface area contributed by atoms with E-state index in [2.05, 4.69) is 36.8 Å². The Morgan fingerprint density at radius 3 is 2.00 bits per heavy atom. The molecular formula is C17H13Br2FN4O4. The van der Waals surface area contributed by atoms with Gasteiger partial charge in [-0.3, -0.25) is 20.2 Å². The third-order valence-corrected chi connectivity index (χ3v) is 5.37. The third kappa shape index (κ3) is 4.98. The van der Waals surface area contributed by atoms with E-state index in [9.17, 15) is 24.6 Å². The molecule has 146 valence electrons. The molecule has 0 aliphatic rings. The lowest BCUT2D eigenvalue weighted by Crippen LogP contribution is -1.99. The van der Waals surface area contributed by atoms with Crippen molar-refractivity contribution < 1.29 is 14.2 Å². The van der Waals surface area contributed by atoms with Crippen LogP contribution < -0.4 is 0 Å². The van der Waals surface area contributed by atoms with Gasteiger partial charge in [0, 0.05) is 33.5 Å². The van der Waals surface area contributed by atoms with Crippen molar-refractivity contribution in [2.75, 3.05) is 0 Å². The fraction of sp³-hybridized carbons (Fsp3) is 0.118. The van der Waals surface area contributed by atoms with Gasteiger partial charge in [0.25, 0.3) is 5.69 Å². The van der Waals surface area contributed by atoms with Crippen molar-refractivity contribution in [1.82, 2.24) is 9.55 Å². The van der Waals surface area contributed by atoms with Crippen LogP contribution in [0, 0.1) is 39.9 Å². The summed E-state index contributed by atoms with van der Waals surface area (Å²) in [5.41, 5.74) is 1.55. The van der Waals surface area contributed by atoms with E-state index < -0.39 is 21.4 Å². The van der Waals surface area contributed by atoms with Crippen LogP contribution in [0.25, 0.3) is 5.69 Å². The summed E-state index contributed by atoms with van der Waals surface area (Å²) < 4.78 is 15.8. The molecule has 8 nitrogen and oxygen atoms in total. The first-order valence-electron chi connectivity index (χ1n) is 7.64. The lowest BCUT2D eigenvalue weighted by molar-refractivity contribution is -0.387. The van der Waals surface area contributed by atoms with E-state index in [1.54, 1.807) is 36.0 Å². The molecule has 1 heterocycles. The molecule has 0 spiro atoms. The first-order valence-corrected chi connectivity index (χ1v) is 9.23. The molecule has 0 amide bonds. The maximum atomic E-state index is 12.8. The molecule has 0 aliphatic carbocycles. The molecule has 0 radical (unpaired) electrons. The molecule has 3 aromatic rings. The number of aromatic nitrogens is 2. The molecule has 3 rings (SSSR count). The summed E-state index contributed by atoms with van der Waals surface area (Å²) in [6.45, 7) is 3.48. The van der Waals surface area contributed by atoms with E-state index in [0.717, 1.165) is 16.1 Å². The second kappa shape index (κ2) is 9.02. The monoisotopic (exact) mass is 514 g/mol. The van der Waals surface area contributed by atoms with Crippen molar-refractivity contribution >= 4 is 43.2 Å². The van der Waals surface area contributed by atoms with E-state index in [-0.39, 0.29) is 5.69 Å². The topological polar surface area (TPSA) is 104 Å². The Hall–Kier alpha value is -2.66. The minimum atomic E-state index is -0.822. The van der Waals surface area contributed by atoms with E-state index in [1.807, 2.05) is 6.92 Å². The number of rotatable bonds is 3. The first-order chi connectivity index (χ1) is 13.1. The molecule has 0 saturated heterocycles. The molecule has 0 fully saturated rings. The average Bonchev–Trinajstić information content (AvgIpc) is 3.14. The van der Waals surface area contributed by atoms with Crippen LogP contribution in [0.15, 0.2) is 51.9 Å². The molecular weight excluding hydrogens is 503 g/mol. The Kier molecular flexibility index (Phi) is 6.97. The summed E-state index contributed by atoms with van der Waals surface area (Å²) in [6, 6.07) is 5.54. The van der Waals surface area contributed by atoms with Crippen LogP contribution >= 0.6 is 31.9 Å². The van der Waals surface area contributed by atoms with Crippen molar-refractivity contribution in [3.63, 3.8) is 0 Å². The minimum Gasteiger partial charge on any atom is -0.300 e. The summed E-state index contributed by atoms with van der Waals surface area (Å²) in [5.74, 6) is -0.822. The van der Waals surface area contributed by atoms with E-state index in [4.69, 9.17) is 0 Å². The fourth-order valence-corrected chi connectivity index (χ4v) is 2.84. The van der Waals surface area contributed by atoms with Crippen LogP contribution in [0.1, 0.15) is 11.1 Å². The quantitative estimate of drug-likeness (QED) is 0.331. The van der Waals surface area contributed by atoms with Gasteiger partial charge < -0.3 is 4.57 Å². The Morgan fingerprint density at radius 1 is 0.964 bits per heavy atom. The van der Waals surface area contributed by atoms with Gasteiger partial charge in [-0.05, 0) is 37.1 Å². The summed E-state index contributed by atoms with van der Waals surface area (Å²) >= 11 is 6.43. The minimum absolute atomic E-state index is 0.0682. The fourth-order valence-electron chi connectivity index (χ4n) is 2.19. The Bertz CT molecular complexity index is 1040. The summed E-state index contributed by atoms with van der Waals surface area (Å²) in [4.78, 5) is 23.9. The molecule has 2 aromatic carbocycles. The van der Waals surface area contributed by atoms with Gasteiger partial charge in [0.05, 0.1) is 16.2 Å². The Balaban J connectivity index is 0.000000209. The van der Waals surface area contributed by atoms with Crippen LogP contribution in [0.2, 0.25) is 0 Å². The molecule has 1 aromatic heterocycles. The Morgan fingerprint density at radius 2 is 1.50 bits per heavy atom. The van der Waals surface area contributed by atoms with Crippen molar-refractivity contribution in [2.24, 2.45) is 0 Å². The molecule has 28 heavy (non-hydrogen) atoms. The molecule has 0 saturated carbocycles. The van der Waals surface area contributed by atoms with E-state index in [0.29, 0.717) is 15.7 Å². The van der Waals surface area contributed by atoms with Gasteiger partial charge in [0.1, 0.15) is 5.69 Å². The summed E-state index contributed by atoms with van der Waals surface area (Å²) in [6.07, 6.45) is 4.78. The molecule has 0 unspecified atom stereocenters. The van der Waals surface area contributed by atoms with Gasteiger partial charge in [-0.2, -0.15) is 4.39 Å². The molecule has 0 atom stereocenters. The zero-order valence-electron chi connectivity index (χ0n) is 14.6. The van der Waals surface area contributed by atoms with E-state index in [1.165, 1.54) is 12.4 Å². The number of benzene rings is 2. The number of nitro benzene ring substituents is 2. The highest BCUT2D eigenvalue weighted by Gasteiger charge is 2.17. The predicted octanol–water partition coefficient (Wildman–Crippen LogP) is 5.66. The van der Waals surface area contributed by atoms with Gasteiger partial charge >= 0.3 is 5.69 Å². The molecule has 0 N–H and O–H groups in total. The van der Waals surface area contributed by atoms with Crippen LogP contribution in [-0.2, 0) is 0 Å².